The second-order valence-electron chi connectivity index (χ2n) is 9.27. The molecule has 0 fully saturated rings. The van der Waals surface area contributed by atoms with Gasteiger partial charge in [0.1, 0.15) is 5.82 Å². The van der Waals surface area contributed by atoms with Gasteiger partial charge >= 0.3 is 0 Å². The molecule has 0 spiro atoms. The van der Waals surface area contributed by atoms with Gasteiger partial charge in [-0.2, -0.15) is 0 Å². The maximum absolute atomic E-state index is 12.9. The number of nitrogens with two attached hydrogens (primary N) is 1. The Morgan fingerprint density at radius 2 is 1.73 bits per heavy atom. The fourth-order valence-corrected chi connectivity index (χ4v) is 5.25. The number of fused-ring (bicyclic) bond motifs is 2. The Balaban J connectivity index is 2.14. The van der Waals surface area contributed by atoms with E-state index in [1.165, 1.54) is 0 Å². The SMILES string of the molecule is Cc1c(-n2c(N)c3c(cc2=O)C(=O)NC3=O)cc2c(c1[N+](=O)[O-])C(C)(C)CC2(C)C. The number of anilines is 1. The average Bonchev–Trinajstić information content (AvgIpc) is 2.97. The third-order valence-electron chi connectivity index (χ3n) is 6.19. The third kappa shape index (κ3) is 2.44. The van der Waals surface area contributed by atoms with Gasteiger partial charge in [0, 0.05) is 11.6 Å². The van der Waals surface area contributed by atoms with E-state index in [-0.39, 0.29) is 39.3 Å². The first kappa shape index (κ1) is 19.8. The Labute approximate surface area is 172 Å². The summed E-state index contributed by atoms with van der Waals surface area (Å²) in [6.45, 7) is 9.52. The molecule has 4 rings (SSSR count). The molecule has 9 heteroatoms. The topological polar surface area (TPSA) is 137 Å². The van der Waals surface area contributed by atoms with Gasteiger partial charge in [-0.15, -0.1) is 0 Å². The van der Waals surface area contributed by atoms with Crippen molar-refractivity contribution in [2.75, 3.05) is 5.73 Å². The Morgan fingerprint density at radius 1 is 1.10 bits per heavy atom. The standard InChI is InChI=1S/C21H22N4O5/c1-9-12(24-13(26)6-10-14(17(24)22)19(28)23-18(10)27)7-11-15(16(9)25(29)30)21(4,5)8-20(11,2)3/h6-7H,8,22H2,1-5H3,(H,23,27,28). The molecule has 2 aromatic rings. The molecule has 0 radical (unpaired) electrons. The monoisotopic (exact) mass is 410 g/mol. The number of nitro benzene ring substituents is 1. The van der Waals surface area contributed by atoms with Gasteiger partial charge in [0.2, 0.25) is 0 Å². The lowest BCUT2D eigenvalue weighted by Gasteiger charge is -2.22. The molecular formula is C21H22N4O5. The highest BCUT2D eigenvalue weighted by Gasteiger charge is 2.48. The maximum atomic E-state index is 12.9. The Kier molecular flexibility index (Phi) is 3.81. The molecule has 2 heterocycles. The number of imide groups is 1. The lowest BCUT2D eigenvalue weighted by Crippen LogP contribution is -2.25. The second kappa shape index (κ2) is 5.78. The summed E-state index contributed by atoms with van der Waals surface area (Å²) < 4.78 is 1.08. The summed E-state index contributed by atoms with van der Waals surface area (Å²) in [7, 11) is 0. The molecule has 0 saturated carbocycles. The van der Waals surface area contributed by atoms with Crippen LogP contribution in [0.5, 0.6) is 0 Å². The van der Waals surface area contributed by atoms with E-state index in [2.05, 4.69) is 5.32 Å². The van der Waals surface area contributed by atoms with E-state index < -0.39 is 27.7 Å². The van der Waals surface area contributed by atoms with Crippen molar-refractivity contribution in [2.45, 2.75) is 51.9 Å². The van der Waals surface area contributed by atoms with Crippen molar-refractivity contribution in [1.29, 1.82) is 0 Å². The van der Waals surface area contributed by atoms with Crippen LogP contribution in [-0.2, 0) is 10.8 Å². The zero-order chi connectivity index (χ0) is 22.3. The summed E-state index contributed by atoms with van der Waals surface area (Å²) in [5, 5.41) is 14.2. The third-order valence-corrected chi connectivity index (χ3v) is 6.19. The molecule has 0 bridgehead atoms. The first-order valence-electron chi connectivity index (χ1n) is 9.52. The summed E-state index contributed by atoms with van der Waals surface area (Å²) in [6.07, 6.45) is 0.699. The molecule has 0 unspecified atom stereocenters. The van der Waals surface area contributed by atoms with Crippen LogP contribution >= 0.6 is 0 Å². The second-order valence-corrected chi connectivity index (χ2v) is 9.27. The Bertz CT molecular complexity index is 1250. The van der Waals surface area contributed by atoms with Crippen molar-refractivity contribution in [3.05, 3.63) is 60.4 Å². The summed E-state index contributed by atoms with van der Waals surface area (Å²) in [5.74, 6) is -1.60. The molecule has 156 valence electrons. The fourth-order valence-electron chi connectivity index (χ4n) is 5.25. The molecule has 2 amide bonds. The van der Waals surface area contributed by atoms with E-state index in [9.17, 15) is 24.5 Å². The van der Waals surface area contributed by atoms with Crippen LogP contribution in [0.2, 0.25) is 0 Å². The summed E-state index contributed by atoms with van der Waals surface area (Å²) >= 11 is 0. The number of nitro groups is 1. The first-order chi connectivity index (χ1) is 13.8. The minimum Gasteiger partial charge on any atom is -0.384 e. The van der Waals surface area contributed by atoms with Crippen molar-refractivity contribution >= 4 is 23.3 Å². The minimum atomic E-state index is -0.698. The van der Waals surface area contributed by atoms with Crippen LogP contribution in [0.25, 0.3) is 5.69 Å². The van der Waals surface area contributed by atoms with Gasteiger partial charge < -0.3 is 5.73 Å². The van der Waals surface area contributed by atoms with Crippen molar-refractivity contribution in [2.24, 2.45) is 0 Å². The number of benzene rings is 1. The van der Waals surface area contributed by atoms with Gasteiger partial charge in [0.15, 0.2) is 0 Å². The van der Waals surface area contributed by atoms with Crippen LogP contribution in [-0.4, -0.2) is 21.3 Å². The van der Waals surface area contributed by atoms with Crippen molar-refractivity contribution < 1.29 is 14.5 Å². The lowest BCUT2D eigenvalue weighted by atomic mass is 9.81. The first-order valence-corrected chi connectivity index (χ1v) is 9.52. The molecular weight excluding hydrogens is 388 g/mol. The van der Waals surface area contributed by atoms with Crippen molar-refractivity contribution in [3.8, 4) is 5.69 Å². The molecule has 3 N–H and O–H groups in total. The van der Waals surface area contributed by atoms with E-state index in [0.29, 0.717) is 12.0 Å². The van der Waals surface area contributed by atoms with Crippen LogP contribution in [0.15, 0.2) is 16.9 Å². The Hall–Kier alpha value is -3.49. The minimum absolute atomic E-state index is 0.0506. The molecule has 1 aliphatic carbocycles. The van der Waals surface area contributed by atoms with Gasteiger partial charge in [-0.1, -0.05) is 27.7 Å². The van der Waals surface area contributed by atoms with Crippen molar-refractivity contribution in [1.82, 2.24) is 9.88 Å². The summed E-state index contributed by atoms with van der Waals surface area (Å²) in [4.78, 5) is 48.7. The van der Waals surface area contributed by atoms with E-state index in [4.69, 9.17) is 5.73 Å². The molecule has 9 nitrogen and oxygen atoms in total. The highest BCUT2D eigenvalue weighted by molar-refractivity contribution is 6.23. The summed E-state index contributed by atoms with van der Waals surface area (Å²) in [5.41, 5.74) is 6.44. The molecule has 0 saturated heterocycles. The predicted octanol–water partition coefficient (Wildman–Crippen LogP) is 2.48. The van der Waals surface area contributed by atoms with Gasteiger partial charge in [0.05, 0.1) is 27.3 Å². The predicted molar refractivity (Wildman–Crippen MR) is 110 cm³/mol. The quantitative estimate of drug-likeness (QED) is 0.443. The van der Waals surface area contributed by atoms with Crippen LogP contribution in [0, 0.1) is 17.0 Å². The average molecular weight is 410 g/mol. The van der Waals surface area contributed by atoms with E-state index in [1.54, 1.807) is 13.0 Å². The zero-order valence-corrected chi connectivity index (χ0v) is 17.4. The van der Waals surface area contributed by atoms with Gasteiger partial charge in [0.25, 0.3) is 23.1 Å². The number of hydrogen-bond donors (Lipinski definition) is 2. The van der Waals surface area contributed by atoms with Crippen molar-refractivity contribution in [3.63, 3.8) is 0 Å². The number of nitrogens with zero attached hydrogens (tertiary/aromatic N) is 2. The lowest BCUT2D eigenvalue weighted by molar-refractivity contribution is -0.386. The smallest absolute Gasteiger partial charge is 0.278 e. The number of hydrogen-bond acceptors (Lipinski definition) is 6. The highest BCUT2D eigenvalue weighted by Crippen LogP contribution is 2.54. The largest absolute Gasteiger partial charge is 0.384 e. The number of rotatable bonds is 2. The van der Waals surface area contributed by atoms with Crippen LogP contribution in [0.3, 0.4) is 0 Å². The molecule has 2 aliphatic rings. The van der Waals surface area contributed by atoms with E-state index >= 15 is 0 Å². The van der Waals surface area contributed by atoms with Crippen LogP contribution < -0.4 is 16.6 Å². The Morgan fingerprint density at radius 3 is 2.33 bits per heavy atom. The number of nitrogens with one attached hydrogen (secondary N) is 1. The highest BCUT2D eigenvalue weighted by atomic mass is 16.6. The van der Waals surface area contributed by atoms with Crippen LogP contribution in [0.4, 0.5) is 11.5 Å². The van der Waals surface area contributed by atoms with Gasteiger partial charge in [-0.3, -0.25) is 34.4 Å². The number of carbonyl (C=O) groups is 2. The maximum Gasteiger partial charge on any atom is 0.278 e. The normalized spacial score (nSPS) is 18.2. The van der Waals surface area contributed by atoms with E-state index in [0.717, 1.165) is 16.2 Å². The zero-order valence-electron chi connectivity index (χ0n) is 17.4. The van der Waals surface area contributed by atoms with E-state index in [1.807, 2.05) is 27.7 Å². The molecule has 1 aliphatic heterocycles. The summed E-state index contributed by atoms with van der Waals surface area (Å²) in [6, 6.07) is 2.80. The number of aromatic nitrogens is 1. The number of nitrogen functional groups attached to an aromatic ring is 1. The molecule has 0 atom stereocenters. The number of carbonyl (C=O) groups excluding carboxylic acids is 2. The number of pyridine rings is 1. The molecule has 1 aromatic carbocycles. The molecule has 1 aromatic heterocycles. The fraction of sp³-hybridized carbons (Fsp3) is 0.381. The van der Waals surface area contributed by atoms with Gasteiger partial charge in [-0.05, 0) is 35.8 Å². The molecule has 30 heavy (non-hydrogen) atoms. The number of amides is 2. The van der Waals surface area contributed by atoms with Crippen LogP contribution in [0.1, 0.15) is 71.5 Å². The van der Waals surface area contributed by atoms with Gasteiger partial charge in [-0.25, -0.2) is 0 Å².